The van der Waals surface area contributed by atoms with E-state index in [9.17, 15) is 0 Å². The van der Waals surface area contributed by atoms with E-state index in [-0.39, 0.29) is 0 Å². The molecule has 0 saturated heterocycles. The molecule has 0 fully saturated rings. The maximum Gasteiger partial charge on any atom is 0.0313 e. The van der Waals surface area contributed by atoms with Crippen molar-refractivity contribution < 1.29 is 0 Å². The summed E-state index contributed by atoms with van der Waals surface area (Å²) in [5.41, 5.74) is 1.24. The number of hydrogen-bond donors (Lipinski definition) is 0. The molecule has 0 radical (unpaired) electrons. The van der Waals surface area contributed by atoms with Crippen LogP contribution in [0.1, 0.15) is 25.5 Å². The highest BCUT2D eigenvalue weighted by molar-refractivity contribution is 5.14. The van der Waals surface area contributed by atoms with Crippen LogP contribution in [-0.4, -0.2) is 4.57 Å². The van der Waals surface area contributed by atoms with Gasteiger partial charge in [0.1, 0.15) is 0 Å². The van der Waals surface area contributed by atoms with Crippen LogP contribution < -0.4 is 0 Å². The van der Waals surface area contributed by atoms with Crippen molar-refractivity contribution in [3.05, 3.63) is 24.0 Å². The smallest absolute Gasteiger partial charge is 0.0313 e. The fraction of sp³-hybridized carbons (Fsp3) is 0.400. The van der Waals surface area contributed by atoms with E-state index in [1.807, 2.05) is 16.8 Å². The topological polar surface area (TPSA) is 4.93 Å². The SMILES string of the molecule is C#Cn1cccc1CCCC. The van der Waals surface area contributed by atoms with E-state index in [0.717, 1.165) is 6.42 Å². The van der Waals surface area contributed by atoms with Gasteiger partial charge in [-0.25, -0.2) is 0 Å². The highest BCUT2D eigenvalue weighted by atomic mass is 14.9. The van der Waals surface area contributed by atoms with Crippen LogP contribution in [0.25, 0.3) is 0 Å². The van der Waals surface area contributed by atoms with Crippen molar-refractivity contribution in [3.63, 3.8) is 0 Å². The molecule has 1 heteroatoms. The Balaban J connectivity index is 2.63. The number of aromatic nitrogens is 1. The molecule has 0 aliphatic carbocycles. The van der Waals surface area contributed by atoms with E-state index in [1.54, 1.807) is 0 Å². The van der Waals surface area contributed by atoms with Gasteiger partial charge in [0, 0.05) is 17.9 Å². The number of unbranched alkanes of at least 4 members (excludes halogenated alkanes) is 1. The van der Waals surface area contributed by atoms with Gasteiger partial charge in [0.05, 0.1) is 0 Å². The molecule has 11 heavy (non-hydrogen) atoms. The summed E-state index contributed by atoms with van der Waals surface area (Å²) in [6.45, 7) is 2.18. The Kier molecular flexibility index (Phi) is 2.80. The Hall–Kier alpha value is -1.16. The van der Waals surface area contributed by atoms with Gasteiger partial charge >= 0.3 is 0 Å². The first-order chi connectivity index (χ1) is 5.38. The zero-order chi connectivity index (χ0) is 8.10. The number of hydrogen-bond acceptors (Lipinski definition) is 0. The number of terminal acetylenes is 1. The monoisotopic (exact) mass is 147 g/mol. The lowest BCUT2D eigenvalue weighted by Crippen LogP contribution is -1.93. The van der Waals surface area contributed by atoms with E-state index in [1.165, 1.54) is 18.5 Å². The molecular weight excluding hydrogens is 134 g/mol. The standard InChI is InChI=1S/C10H13N/c1-3-5-7-10-8-6-9-11(10)4-2/h2,6,8-9H,3,5,7H2,1H3. The molecule has 0 aliphatic heterocycles. The molecule has 1 nitrogen and oxygen atoms in total. The van der Waals surface area contributed by atoms with Gasteiger partial charge in [-0.3, -0.25) is 4.57 Å². The lowest BCUT2D eigenvalue weighted by atomic mass is 10.2. The molecule has 1 aromatic heterocycles. The molecule has 1 heterocycles. The van der Waals surface area contributed by atoms with Crippen molar-refractivity contribution in [3.8, 4) is 12.5 Å². The highest BCUT2D eigenvalue weighted by Crippen LogP contribution is 2.04. The van der Waals surface area contributed by atoms with E-state index in [4.69, 9.17) is 6.42 Å². The van der Waals surface area contributed by atoms with Gasteiger partial charge in [-0.1, -0.05) is 19.8 Å². The third-order valence-electron chi connectivity index (χ3n) is 1.76. The third kappa shape index (κ3) is 1.88. The van der Waals surface area contributed by atoms with Crippen LogP contribution in [0.2, 0.25) is 0 Å². The summed E-state index contributed by atoms with van der Waals surface area (Å²) >= 11 is 0. The largest absolute Gasteiger partial charge is 0.281 e. The van der Waals surface area contributed by atoms with Gasteiger partial charge in [0.2, 0.25) is 0 Å². The molecule has 0 N–H and O–H groups in total. The van der Waals surface area contributed by atoms with Crippen molar-refractivity contribution in [2.24, 2.45) is 0 Å². The van der Waals surface area contributed by atoms with Crippen LogP contribution in [0.15, 0.2) is 18.3 Å². The summed E-state index contributed by atoms with van der Waals surface area (Å²) in [6.07, 6.45) is 10.7. The van der Waals surface area contributed by atoms with Crippen LogP contribution in [0.4, 0.5) is 0 Å². The Morgan fingerprint density at radius 1 is 1.64 bits per heavy atom. The fourth-order valence-electron chi connectivity index (χ4n) is 1.10. The number of nitrogens with zero attached hydrogens (tertiary/aromatic N) is 1. The molecule has 0 unspecified atom stereocenters. The van der Waals surface area contributed by atoms with E-state index < -0.39 is 0 Å². The van der Waals surface area contributed by atoms with Crippen LogP contribution in [0, 0.1) is 12.5 Å². The quantitative estimate of drug-likeness (QED) is 0.578. The zero-order valence-electron chi connectivity index (χ0n) is 6.88. The van der Waals surface area contributed by atoms with Crippen molar-refractivity contribution in [1.82, 2.24) is 4.57 Å². The molecule has 0 atom stereocenters. The van der Waals surface area contributed by atoms with Crippen LogP contribution >= 0.6 is 0 Å². The van der Waals surface area contributed by atoms with Gasteiger partial charge < -0.3 is 0 Å². The van der Waals surface area contributed by atoms with E-state index in [2.05, 4.69) is 19.0 Å². The molecule has 58 valence electrons. The molecule has 0 aliphatic rings. The van der Waals surface area contributed by atoms with Crippen LogP contribution in [-0.2, 0) is 6.42 Å². The molecule has 0 bridgehead atoms. The van der Waals surface area contributed by atoms with Crippen molar-refractivity contribution in [2.45, 2.75) is 26.2 Å². The molecule has 0 spiro atoms. The van der Waals surface area contributed by atoms with Gasteiger partial charge in [-0.05, 0) is 25.0 Å². The van der Waals surface area contributed by atoms with Crippen molar-refractivity contribution in [1.29, 1.82) is 0 Å². The van der Waals surface area contributed by atoms with Crippen molar-refractivity contribution in [2.75, 3.05) is 0 Å². The molecule has 0 saturated carbocycles. The minimum absolute atomic E-state index is 1.09. The normalized spacial score (nSPS) is 9.45. The second kappa shape index (κ2) is 3.88. The van der Waals surface area contributed by atoms with Gasteiger partial charge in [-0.15, -0.1) is 0 Å². The summed E-state index contributed by atoms with van der Waals surface area (Å²) in [5.74, 6) is 0. The van der Waals surface area contributed by atoms with Crippen molar-refractivity contribution >= 4 is 0 Å². The molecule has 0 amide bonds. The van der Waals surface area contributed by atoms with Gasteiger partial charge in [-0.2, -0.15) is 0 Å². The first-order valence-electron chi connectivity index (χ1n) is 4.01. The van der Waals surface area contributed by atoms with E-state index >= 15 is 0 Å². The summed E-state index contributed by atoms with van der Waals surface area (Å²) in [7, 11) is 0. The minimum Gasteiger partial charge on any atom is -0.281 e. The van der Waals surface area contributed by atoms with Crippen LogP contribution in [0.5, 0.6) is 0 Å². The summed E-state index contributed by atoms with van der Waals surface area (Å²) in [4.78, 5) is 0. The Bertz CT molecular complexity index is 252. The summed E-state index contributed by atoms with van der Waals surface area (Å²) in [5, 5.41) is 0. The fourth-order valence-corrected chi connectivity index (χ4v) is 1.10. The number of aryl methyl sites for hydroxylation is 1. The third-order valence-corrected chi connectivity index (χ3v) is 1.76. The predicted molar refractivity (Wildman–Crippen MR) is 47.3 cm³/mol. The lowest BCUT2D eigenvalue weighted by Gasteiger charge is -1.98. The number of rotatable bonds is 3. The first-order valence-corrected chi connectivity index (χ1v) is 4.01. The Morgan fingerprint density at radius 2 is 2.45 bits per heavy atom. The average Bonchev–Trinajstić information content (AvgIpc) is 2.47. The first kappa shape index (κ1) is 7.94. The maximum absolute atomic E-state index is 5.28. The lowest BCUT2D eigenvalue weighted by molar-refractivity contribution is 0.765. The molecule has 0 aromatic carbocycles. The minimum atomic E-state index is 1.09. The summed E-state index contributed by atoms with van der Waals surface area (Å²) < 4.78 is 1.84. The molecule has 1 aromatic rings. The average molecular weight is 147 g/mol. The Morgan fingerprint density at radius 3 is 3.09 bits per heavy atom. The molecule has 1 rings (SSSR count). The molecular formula is C10H13N. The predicted octanol–water partition coefficient (Wildman–Crippen LogP) is 2.27. The van der Waals surface area contributed by atoms with Gasteiger partial charge in [0.15, 0.2) is 0 Å². The zero-order valence-corrected chi connectivity index (χ0v) is 6.88. The van der Waals surface area contributed by atoms with E-state index in [0.29, 0.717) is 0 Å². The second-order valence-corrected chi connectivity index (χ2v) is 2.60. The Labute approximate surface area is 68.0 Å². The summed E-state index contributed by atoms with van der Waals surface area (Å²) in [6, 6.07) is 6.67. The maximum atomic E-state index is 5.28. The van der Waals surface area contributed by atoms with Gasteiger partial charge in [0.25, 0.3) is 0 Å². The van der Waals surface area contributed by atoms with Crippen LogP contribution in [0.3, 0.4) is 0 Å². The highest BCUT2D eigenvalue weighted by Gasteiger charge is 1.95. The second-order valence-electron chi connectivity index (χ2n) is 2.60.